The van der Waals surface area contributed by atoms with Gasteiger partial charge in [0, 0.05) is 37.7 Å². The lowest BCUT2D eigenvalue weighted by Gasteiger charge is -2.29. The molecule has 110 valence electrons. The van der Waals surface area contributed by atoms with Crippen LogP contribution in [0.4, 0.5) is 0 Å². The average Bonchev–Trinajstić information content (AvgIpc) is 3.04. The van der Waals surface area contributed by atoms with Crippen molar-refractivity contribution in [3.63, 3.8) is 0 Å². The lowest BCUT2D eigenvalue weighted by molar-refractivity contribution is 0.241. The van der Waals surface area contributed by atoms with Crippen LogP contribution in [0.15, 0.2) is 67.1 Å². The predicted octanol–water partition coefficient (Wildman–Crippen LogP) is 3.43. The third-order valence-electron chi connectivity index (χ3n) is 4.35. The number of fused-ring (bicyclic) bond motifs is 1. The van der Waals surface area contributed by atoms with Crippen LogP contribution in [0.5, 0.6) is 0 Å². The van der Waals surface area contributed by atoms with Crippen molar-refractivity contribution in [1.29, 1.82) is 0 Å². The molecule has 0 radical (unpaired) electrons. The zero-order chi connectivity index (χ0) is 14.8. The lowest BCUT2D eigenvalue weighted by Crippen LogP contribution is -2.30. The van der Waals surface area contributed by atoms with Gasteiger partial charge in [-0.3, -0.25) is 9.88 Å². The summed E-state index contributed by atoms with van der Waals surface area (Å²) >= 11 is 0. The van der Waals surface area contributed by atoms with E-state index in [4.69, 9.17) is 0 Å². The molecular weight excluding hydrogens is 270 g/mol. The van der Waals surface area contributed by atoms with E-state index in [0.717, 1.165) is 31.7 Å². The second-order valence-corrected chi connectivity index (χ2v) is 5.81. The summed E-state index contributed by atoms with van der Waals surface area (Å²) in [7, 11) is 0. The average molecular weight is 289 g/mol. The lowest BCUT2D eigenvalue weighted by atomic mass is 10.00. The fourth-order valence-electron chi connectivity index (χ4n) is 3.21. The molecule has 22 heavy (non-hydrogen) atoms. The van der Waals surface area contributed by atoms with E-state index in [1.54, 1.807) is 0 Å². The first-order valence-corrected chi connectivity index (χ1v) is 7.76. The van der Waals surface area contributed by atoms with Gasteiger partial charge in [-0.25, -0.2) is 0 Å². The van der Waals surface area contributed by atoms with Gasteiger partial charge < -0.3 is 4.57 Å². The predicted molar refractivity (Wildman–Crippen MR) is 87.8 cm³/mol. The van der Waals surface area contributed by atoms with Gasteiger partial charge in [-0.1, -0.05) is 24.3 Å². The number of hydrogen-bond acceptors (Lipinski definition) is 2. The van der Waals surface area contributed by atoms with E-state index in [-0.39, 0.29) is 0 Å². The highest BCUT2D eigenvalue weighted by Gasteiger charge is 2.17. The molecule has 4 rings (SSSR count). The molecule has 1 aliphatic rings. The smallest absolute Gasteiger partial charge is 0.0636 e. The molecule has 0 fully saturated rings. The Bertz CT molecular complexity index is 761. The van der Waals surface area contributed by atoms with Gasteiger partial charge in [0.15, 0.2) is 0 Å². The minimum Gasteiger partial charge on any atom is -0.318 e. The van der Waals surface area contributed by atoms with Crippen LogP contribution in [0.3, 0.4) is 0 Å². The summed E-state index contributed by atoms with van der Waals surface area (Å²) in [5, 5.41) is 0. The quantitative estimate of drug-likeness (QED) is 0.736. The Morgan fingerprint density at radius 2 is 1.86 bits per heavy atom. The first-order valence-electron chi connectivity index (χ1n) is 7.76. The first-order chi connectivity index (χ1) is 10.9. The molecule has 1 aromatic carbocycles. The standard InChI is InChI=1S/C19H19N3/c1-2-6-17-14-21(12-9-16(17)5-1)15-19-8-4-11-22(19)18-7-3-10-20-13-18/h1-8,10-11,13H,9,12,14-15H2. The molecule has 0 atom stereocenters. The van der Waals surface area contributed by atoms with Crippen molar-refractivity contribution >= 4 is 0 Å². The largest absolute Gasteiger partial charge is 0.318 e. The van der Waals surface area contributed by atoms with Gasteiger partial charge in [-0.2, -0.15) is 0 Å². The highest BCUT2D eigenvalue weighted by Crippen LogP contribution is 2.21. The van der Waals surface area contributed by atoms with E-state index in [1.807, 2.05) is 18.5 Å². The van der Waals surface area contributed by atoms with E-state index < -0.39 is 0 Å². The van der Waals surface area contributed by atoms with Crippen molar-refractivity contribution in [3.05, 3.63) is 83.9 Å². The van der Waals surface area contributed by atoms with Gasteiger partial charge in [0.25, 0.3) is 0 Å². The third-order valence-corrected chi connectivity index (χ3v) is 4.35. The van der Waals surface area contributed by atoms with E-state index in [1.165, 1.54) is 16.8 Å². The molecule has 2 aromatic heterocycles. The second kappa shape index (κ2) is 5.78. The molecule has 0 saturated carbocycles. The van der Waals surface area contributed by atoms with Gasteiger partial charge >= 0.3 is 0 Å². The summed E-state index contributed by atoms with van der Waals surface area (Å²) in [6, 6.07) is 17.2. The Morgan fingerprint density at radius 3 is 2.73 bits per heavy atom. The maximum Gasteiger partial charge on any atom is 0.0636 e. The Morgan fingerprint density at radius 1 is 0.955 bits per heavy atom. The van der Waals surface area contributed by atoms with E-state index in [0.29, 0.717) is 0 Å². The van der Waals surface area contributed by atoms with Crippen LogP contribution in [-0.4, -0.2) is 21.0 Å². The van der Waals surface area contributed by atoms with E-state index in [9.17, 15) is 0 Å². The minimum atomic E-state index is 0.968. The number of pyridine rings is 1. The van der Waals surface area contributed by atoms with Crippen LogP contribution in [0.2, 0.25) is 0 Å². The second-order valence-electron chi connectivity index (χ2n) is 5.81. The molecule has 1 aliphatic heterocycles. The highest BCUT2D eigenvalue weighted by atomic mass is 15.1. The molecule has 3 nitrogen and oxygen atoms in total. The van der Waals surface area contributed by atoms with Crippen molar-refractivity contribution in [2.45, 2.75) is 19.5 Å². The highest BCUT2D eigenvalue weighted by molar-refractivity contribution is 5.33. The molecule has 3 aromatic rings. The van der Waals surface area contributed by atoms with Crippen molar-refractivity contribution in [2.75, 3.05) is 6.54 Å². The Balaban J connectivity index is 1.55. The normalized spacial score (nSPS) is 14.7. The van der Waals surface area contributed by atoms with Crippen LogP contribution < -0.4 is 0 Å². The van der Waals surface area contributed by atoms with Crippen LogP contribution in [0.1, 0.15) is 16.8 Å². The third kappa shape index (κ3) is 2.55. The molecular formula is C19H19N3. The van der Waals surface area contributed by atoms with E-state index in [2.05, 4.69) is 63.1 Å². The summed E-state index contributed by atoms with van der Waals surface area (Å²) in [5.41, 5.74) is 5.40. The van der Waals surface area contributed by atoms with Crippen molar-refractivity contribution in [1.82, 2.24) is 14.5 Å². The first kappa shape index (κ1) is 13.3. The fraction of sp³-hybridized carbons (Fsp3) is 0.211. The maximum atomic E-state index is 4.22. The van der Waals surface area contributed by atoms with Gasteiger partial charge in [0.2, 0.25) is 0 Å². The molecule has 0 unspecified atom stereocenters. The molecule has 0 saturated heterocycles. The minimum absolute atomic E-state index is 0.968. The summed E-state index contributed by atoms with van der Waals surface area (Å²) in [6.07, 6.45) is 6.98. The van der Waals surface area contributed by atoms with Crippen molar-refractivity contribution in [3.8, 4) is 5.69 Å². The Labute approximate surface area is 130 Å². The van der Waals surface area contributed by atoms with Crippen LogP contribution in [-0.2, 0) is 19.5 Å². The maximum absolute atomic E-state index is 4.22. The molecule has 0 N–H and O–H groups in total. The zero-order valence-electron chi connectivity index (χ0n) is 12.5. The molecule has 3 heteroatoms. The van der Waals surface area contributed by atoms with E-state index >= 15 is 0 Å². The zero-order valence-corrected chi connectivity index (χ0v) is 12.5. The fourth-order valence-corrected chi connectivity index (χ4v) is 3.21. The summed E-state index contributed by atoms with van der Waals surface area (Å²) < 4.78 is 2.23. The molecule has 3 heterocycles. The monoisotopic (exact) mass is 289 g/mol. The van der Waals surface area contributed by atoms with Gasteiger partial charge in [-0.15, -0.1) is 0 Å². The summed E-state index contributed by atoms with van der Waals surface area (Å²) in [4.78, 5) is 6.74. The number of benzene rings is 1. The van der Waals surface area contributed by atoms with Gasteiger partial charge in [0.05, 0.1) is 11.9 Å². The van der Waals surface area contributed by atoms with Crippen LogP contribution in [0, 0.1) is 0 Å². The van der Waals surface area contributed by atoms with Crippen LogP contribution in [0.25, 0.3) is 5.69 Å². The van der Waals surface area contributed by atoms with Gasteiger partial charge in [0.1, 0.15) is 0 Å². The summed E-state index contributed by atoms with van der Waals surface area (Å²) in [6.45, 7) is 3.12. The molecule has 0 aliphatic carbocycles. The number of rotatable bonds is 3. The molecule has 0 spiro atoms. The topological polar surface area (TPSA) is 21.1 Å². The van der Waals surface area contributed by atoms with Crippen LogP contribution >= 0.6 is 0 Å². The molecule has 0 amide bonds. The number of aromatic nitrogens is 2. The molecule has 0 bridgehead atoms. The van der Waals surface area contributed by atoms with Crippen molar-refractivity contribution in [2.24, 2.45) is 0 Å². The Kier molecular flexibility index (Phi) is 3.49. The Hall–Kier alpha value is -2.39. The van der Waals surface area contributed by atoms with Gasteiger partial charge in [-0.05, 0) is 41.8 Å². The van der Waals surface area contributed by atoms with Crippen molar-refractivity contribution < 1.29 is 0 Å². The summed E-state index contributed by atoms with van der Waals surface area (Å²) in [5.74, 6) is 0. The number of hydrogen-bond donors (Lipinski definition) is 0. The number of nitrogens with zero attached hydrogens (tertiary/aromatic N) is 3. The SMILES string of the molecule is c1cncc(-n2cccc2CN2CCc3ccccc3C2)c1.